The van der Waals surface area contributed by atoms with Gasteiger partial charge in [-0.15, -0.1) is 0 Å². The van der Waals surface area contributed by atoms with Crippen LogP contribution in [0.15, 0.2) is 12.4 Å². The molecule has 0 spiro atoms. The highest BCUT2D eigenvalue weighted by atomic mass is 16.5. The van der Waals surface area contributed by atoms with E-state index in [0.717, 1.165) is 51.0 Å². The summed E-state index contributed by atoms with van der Waals surface area (Å²) < 4.78 is 5.42. The van der Waals surface area contributed by atoms with Crippen LogP contribution in [0, 0.1) is 0 Å². The third kappa shape index (κ3) is 2.90. The minimum atomic E-state index is 0.712. The molecule has 3 saturated heterocycles. The van der Waals surface area contributed by atoms with E-state index < -0.39 is 0 Å². The van der Waals surface area contributed by atoms with E-state index in [0.29, 0.717) is 6.04 Å². The number of anilines is 2. The van der Waals surface area contributed by atoms with Gasteiger partial charge >= 0.3 is 0 Å². The van der Waals surface area contributed by atoms with Crippen LogP contribution in [0.1, 0.15) is 19.3 Å². The van der Waals surface area contributed by atoms with Crippen LogP contribution in [-0.4, -0.2) is 73.4 Å². The molecule has 0 N–H and O–H groups in total. The SMILES string of the molecule is c1nc(N2CCOCC2)cc(N2CCC(N3CCCC3)C2)n1. The predicted octanol–water partition coefficient (Wildman–Crippen LogP) is 0.988. The van der Waals surface area contributed by atoms with E-state index in [-0.39, 0.29) is 0 Å². The molecule has 0 aliphatic carbocycles. The molecule has 4 rings (SSSR count). The molecule has 4 heterocycles. The maximum absolute atomic E-state index is 5.42. The number of likely N-dealkylation sites (tertiary alicyclic amines) is 1. The maximum atomic E-state index is 5.42. The molecule has 6 nitrogen and oxygen atoms in total. The van der Waals surface area contributed by atoms with E-state index >= 15 is 0 Å². The van der Waals surface area contributed by atoms with Crippen molar-refractivity contribution in [2.24, 2.45) is 0 Å². The third-order valence-electron chi connectivity index (χ3n) is 5.12. The molecule has 1 aromatic heterocycles. The Kier molecular flexibility index (Phi) is 4.12. The van der Waals surface area contributed by atoms with Gasteiger partial charge in [-0.1, -0.05) is 0 Å². The number of hydrogen-bond acceptors (Lipinski definition) is 6. The van der Waals surface area contributed by atoms with Crippen molar-refractivity contribution in [1.82, 2.24) is 14.9 Å². The molecule has 0 bridgehead atoms. The molecule has 6 heteroatoms. The van der Waals surface area contributed by atoms with Crippen LogP contribution in [0.5, 0.6) is 0 Å². The van der Waals surface area contributed by atoms with Crippen LogP contribution in [0.3, 0.4) is 0 Å². The summed E-state index contributed by atoms with van der Waals surface area (Å²) in [5, 5.41) is 0. The molecule has 1 aromatic rings. The van der Waals surface area contributed by atoms with E-state index in [1.54, 1.807) is 6.33 Å². The van der Waals surface area contributed by atoms with Gasteiger partial charge in [-0.25, -0.2) is 9.97 Å². The van der Waals surface area contributed by atoms with Gasteiger partial charge in [0, 0.05) is 38.3 Å². The minimum absolute atomic E-state index is 0.712. The fourth-order valence-corrected chi connectivity index (χ4v) is 3.83. The predicted molar refractivity (Wildman–Crippen MR) is 86.5 cm³/mol. The maximum Gasteiger partial charge on any atom is 0.134 e. The molecule has 22 heavy (non-hydrogen) atoms. The summed E-state index contributed by atoms with van der Waals surface area (Å²) in [5.74, 6) is 2.12. The van der Waals surface area contributed by atoms with Crippen molar-refractivity contribution in [2.75, 3.05) is 62.3 Å². The van der Waals surface area contributed by atoms with Crippen molar-refractivity contribution >= 4 is 11.6 Å². The highest BCUT2D eigenvalue weighted by Gasteiger charge is 2.30. The molecule has 3 aliphatic rings. The van der Waals surface area contributed by atoms with Gasteiger partial charge in [0.1, 0.15) is 18.0 Å². The van der Waals surface area contributed by atoms with Crippen LogP contribution in [0.2, 0.25) is 0 Å². The van der Waals surface area contributed by atoms with Gasteiger partial charge in [0.15, 0.2) is 0 Å². The standard InChI is InChI=1S/C16H25N5O/c1-2-5-19(4-1)14-3-6-21(12-14)16-11-15(17-13-18-16)20-7-9-22-10-8-20/h11,13-14H,1-10,12H2. The van der Waals surface area contributed by atoms with Gasteiger partial charge in [0.25, 0.3) is 0 Å². The Morgan fingerprint density at radius 2 is 1.64 bits per heavy atom. The summed E-state index contributed by atoms with van der Waals surface area (Å²) in [5.41, 5.74) is 0. The summed E-state index contributed by atoms with van der Waals surface area (Å²) in [6.07, 6.45) is 5.70. The average Bonchev–Trinajstić information content (AvgIpc) is 3.27. The lowest BCUT2D eigenvalue weighted by Crippen LogP contribution is -2.37. The average molecular weight is 303 g/mol. The first-order valence-corrected chi connectivity index (χ1v) is 8.54. The second-order valence-electron chi connectivity index (χ2n) is 6.47. The zero-order valence-corrected chi connectivity index (χ0v) is 13.2. The van der Waals surface area contributed by atoms with E-state index in [9.17, 15) is 0 Å². The first kappa shape index (κ1) is 14.2. The molecule has 3 aliphatic heterocycles. The number of ether oxygens (including phenoxy) is 1. The van der Waals surface area contributed by atoms with Crippen LogP contribution in [0.4, 0.5) is 11.6 Å². The lowest BCUT2D eigenvalue weighted by Gasteiger charge is -2.28. The summed E-state index contributed by atoms with van der Waals surface area (Å²) in [6, 6.07) is 2.86. The van der Waals surface area contributed by atoms with E-state index in [1.807, 2.05) is 0 Å². The normalized spacial score (nSPS) is 26.8. The fraction of sp³-hybridized carbons (Fsp3) is 0.750. The number of morpholine rings is 1. The van der Waals surface area contributed by atoms with Crippen LogP contribution in [0.25, 0.3) is 0 Å². The number of aromatic nitrogens is 2. The van der Waals surface area contributed by atoms with Crippen LogP contribution >= 0.6 is 0 Å². The summed E-state index contributed by atoms with van der Waals surface area (Å²) in [7, 11) is 0. The molecule has 0 aromatic carbocycles. The topological polar surface area (TPSA) is 44.7 Å². The van der Waals surface area contributed by atoms with Gasteiger partial charge in [-0.05, 0) is 32.4 Å². The third-order valence-corrected chi connectivity index (χ3v) is 5.12. The Balaban J connectivity index is 1.44. The molecule has 1 atom stereocenters. The molecule has 120 valence electrons. The van der Waals surface area contributed by atoms with Crippen molar-refractivity contribution in [3.8, 4) is 0 Å². The molecule has 0 saturated carbocycles. The smallest absolute Gasteiger partial charge is 0.134 e. The zero-order chi connectivity index (χ0) is 14.8. The molecule has 3 fully saturated rings. The Bertz CT molecular complexity index is 499. The first-order valence-electron chi connectivity index (χ1n) is 8.54. The summed E-state index contributed by atoms with van der Waals surface area (Å²) in [4.78, 5) is 16.3. The van der Waals surface area contributed by atoms with Crippen LogP contribution in [-0.2, 0) is 4.74 Å². The number of hydrogen-bond donors (Lipinski definition) is 0. The number of nitrogens with zero attached hydrogens (tertiary/aromatic N) is 5. The van der Waals surface area contributed by atoms with Crippen molar-refractivity contribution in [2.45, 2.75) is 25.3 Å². The monoisotopic (exact) mass is 303 g/mol. The van der Waals surface area contributed by atoms with Crippen molar-refractivity contribution in [3.63, 3.8) is 0 Å². The fourth-order valence-electron chi connectivity index (χ4n) is 3.83. The van der Waals surface area contributed by atoms with Crippen molar-refractivity contribution in [1.29, 1.82) is 0 Å². The Morgan fingerprint density at radius 1 is 0.909 bits per heavy atom. The van der Waals surface area contributed by atoms with Gasteiger partial charge in [-0.3, -0.25) is 4.90 Å². The molecule has 0 amide bonds. The van der Waals surface area contributed by atoms with Crippen LogP contribution < -0.4 is 9.80 Å². The van der Waals surface area contributed by atoms with E-state index in [4.69, 9.17) is 4.74 Å². The molecular formula is C16H25N5O. The second-order valence-corrected chi connectivity index (χ2v) is 6.47. The quantitative estimate of drug-likeness (QED) is 0.830. The largest absolute Gasteiger partial charge is 0.378 e. The van der Waals surface area contributed by atoms with Gasteiger partial charge in [0.2, 0.25) is 0 Å². The lowest BCUT2D eigenvalue weighted by atomic mass is 10.2. The highest BCUT2D eigenvalue weighted by Crippen LogP contribution is 2.25. The van der Waals surface area contributed by atoms with Crippen molar-refractivity contribution < 1.29 is 4.74 Å². The minimum Gasteiger partial charge on any atom is -0.378 e. The number of rotatable bonds is 3. The lowest BCUT2D eigenvalue weighted by molar-refractivity contribution is 0.122. The second kappa shape index (κ2) is 6.38. The Hall–Kier alpha value is -1.40. The van der Waals surface area contributed by atoms with Gasteiger partial charge in [0.05, 0.1) is 13.2 Å². The van der Waals surface area contributed by atoms with Gasteiger partial charge < -0.3 is 14.5 Å². The van der Waals surface area contributed by atoms with E-state index in [1.165, 1.54) is 32.4 Å². The van der Waals surface area contributed by atoms with Gasteiger partial charge in [-0.2, -0.15) is 0 Å². The molecular weight excluding hydrogens is 278 g/mol. The van der Waals surface area contributed by atoms with Crippen molar-refractivity contribution in [3.05, 3.63) is 12.4 Å². The van der Waals surface area contributed by atoms with E-state index in [2.05, 4.69) is 30.7 Å². The Labute approximate surface area is 132 Å². The summed E-state index contributed by atoms with van der Waals surface area (Å²) in [6.45, 7) is 8.21. The Morgan fingerprint density at radius 3 is 2.41 bits per heavy atom. The summed E-state index contributed by atoms with van der Waals surface area (Å²) >= 11 is 0. The zero-order valence-electron chi connectivity index (χ0n) is 13.2. The molecule has 1 unspecified atom stereocenters. The highest BCUT2D eigenvalue weighted by molar-refractivity contribution is 5.51. The first-order chi connectivity index (χ1) is 10.9. The molecule has 0 radical (unpaired) electrons.